The fourth-order valence-corrected chi connectivity index (χ4v) is 13.3. The topological polar surface area (TPSA) is 237 Å². The minimum atomic E-state index is -4.96. The lowest BCUT2D eigenvalue weighted by Crippen LogP contribution is -2.30. The Morgan fingerprint density at radius 2 is 0.421 bits per heavy atom. The Balaban J connectivity index is 5.15. The Bertz CT molecular complexity index is 1810. The average Bonchev–Trinajstić information content (AvgIpc) is 2.21. The van der Waals surface area contributed by atoms with E-state index in [9.17, 15) is 43.2 Å². The molecule has 564 valence electrons. The van der Waals surface area contributed by atoms with E-state index in [1.807, 2.05) is 0 Å². The van der Waals surface area contributed by atoms with Crippen molar-refractivity contribution in [2.75, 3.05) is 39.6 Å². The number of phosphoric ester groups is 2. The highest BCUT2D eigenvalue weighted by molar-refractivity contribution is 7.47. The second-order valence-corrected chi connectivity index (χ2v) is 30.3. The van der Waals surface area contributed by atoms with E-state index in [1.54, 1.807) is 0 Å². The molecule has 0 fully saturated rings. The highest BCUT2D eigenvalue weighted by Gasteiger charge is 2.30. The molecule has 0 bridgehead atoms. The maximum atomic E-state index is 13.1. The third-order valence-electron chi connectivity index (χ3n) is 17.9. The number of hydrogen-bond acceptors (Lipinski definition) is 15. The van der Waals surface area contributed by atoms with Gasteiger partial charge in [-0.2, -0.15) is 0 Å². The summed E-state index contributed by atoms with van der Waals surface area (Å²) in [5.41, 5.74) is 0. The van der Waals surface area contributed by atoms with Crippen LogP contribution in [0.25, 0.3) is 0 Å². The molecule has 2 unspecified atom stereocenters. The number of carbonyl (C=O) groups excluding carboxylic acids is 4. The first-order chi connectivity index (χ1) is 46.2. The minimum absolute atomic E-state index is 0.107. The molecular formula is C76H148O17P2. The zero-order chi connectivity index (χ0) is 69.7. The van der Waals surface area contributed by atoms with Crippen molar-refractivity contribution < 1.29 is 80.2 Å². The van der Waals surface area contributed by atoms with Gasteiger partial charge in [-0.25, -0.2) is 9.13 Å². The van der Waals surface area contributed by atoms with Crippen molar-refractivity contribution in [3.8, 4) is 0 Å². The van der Waals surface area contributed by atoms with Crippen molar-refractivity contribution in [3.63, 3.8) is 0 Å². The van der Waals surface area contributed by atoms with Crippen LogP contribution in [0.2, 0.25) is 0 Å². The Labute approximate surface area is 581 Å². The third kappa shape index (κ3) is 70.3. The predicted octanol–water partition coefficient (Wildman–Crippen LogP) is 22.6. The van der Waals surface area contributed by atoms with Crippen LogP contribution in [-0.4, -0.2) is 96.7 Å². The summed E-state index contributed by atoms with van der Waals surface area (Å²) in [5, 5.41) is 10.6. The highest BCUT2D eigenvalue weighted by atomic mass is 31.2. The fraction of sp³-hybridized carbons (Fsp3) is 0.947. The van der Waals surface area contributed by atoms with Gasteiger partial charge in [0.2, 0.25) is 0 Å². The Hall–Kier alpha value is -1.94. The van der Waals surface area contributed by atoms with Crippen LogP contribution in [0.4, 0.5) is 0 Å². The summed E-state index contributed by atoms with van der Waals surface area (Å²) >= 11 is 0. The van der Waals surface area contributed by atoms with Gasteiger partial charge in [0.25, 0.3) is 0 Å². The second kappa shape index (κ2) is 70.5. The maximum Gasteiger partial charge on any atom is 0.472 e. The van der Waals surface area contributed by atoms with Crippen LogP contribution in [0.3, 0.4) is 0 Å². The number of aliphatic hydroxyl groups is 1. The smallest absolute Gasteiger partial charge is 0.462 e. The average molecular weight is 1400 g/mol. The van der Waals surface area contributed by atoms with Gasteiger partial charge < -0.3 is 33.8 Å². The molecule has 0 aromatic carbocycles. The van der Waals surface area contributed by atoms with Gasteiger partial charge in [-0.1, -0.05) is 355 Å². The van der Waals surface area contributed by atoms with E-state index in [0.29, 0.717) is 25.7 Å². The lowest BCUT2D eigenvalue weighted by Gasteiger charge is -2.21. The predicted molar refractivity (Wildman–Crippen MR) is 386 cm³/mol. The number of aliphatic hydroxyl groups excluding tert-OH is 1. The van der Waals surface area contributed by atoms with Gasteiger partial charge in [0.05, 0.1) is 26.4 Å². The number of ether oxygens (including phenoxy) is 4. The lowest BCUT2D eigenvalue weighted by atomic mass is 10.0. The van der Waals surface area contributed by atoms with Crippen molar-refractivity contribution in [3.05, 3.63) is 0 Å². The van der Waals surface area contributed by atoms with Crippen LogP contribution in [0.15, 0.2) is 0 Å². The second-order valence-electron chi connectivity index (χ2n) is 27.4. The molecule has 3 N–H and O–H groups in total. The van der Waals surface area contributed by atoms with Crippen LogP contribution in [0.1, 0.15) is 407 Å². The van der Waals surface area contributed by atoms with Gasteiger partial charge in [-0.15, -0.1) is 0 Å². The Morgan fingerprint density at radius 1 is 0.253 bits per heavy atom. The van der Waals surface area contributed by atoms with Crippen LogP contribution in [-0.2, 0) is 65.4 Å². The molecule has 95 heavy (non-hydrogen) atoms. The normalized spacial score (nSPS) is 13.9. The number of esters is 4. The SMILES string of the molecule is CCCCCCCCCCCCCCCCCCCCCCCC(=O)O[C@H](COC(=O)CCCCCCCCCCCCCCCCCC)COP(=O)(O)OC[C@@H](O)COP(=O)(O)OC[C@@H](COC(=O)CCCCCCCCC)OC(=O)CCCCCCCCCCCCC. The molecule has 0 radical (unpaired) electrons. The molecule has 0 spiro atoms. The first-order valence-electron chi connectivity index (χ1n) is 39.8. The number of rotatable bonds is 77. The molecule has 0 aliphatic rings. The molecular weight excluding hydrogens is 1250 g/mol. The Morgan fingerprint density at radius 3 is 0.621 bits per heavy atom. The number of phosphoric acid groups is 2. The largest absolute Gasteiger partial charge is 0.472 e. The van der Waals surface area contributed by atoms with Crippen molar-refractivity contribution >= 4 is 39.5 Å². The van der Waals surface area contributed by atoms with E-state index in [1.165, 1.54) is 225 Å². The van der Waals surface area contributed by atoms with Crippen LogP contribution < -0.4 is 0 Å². The van der Waals surface area contributed by atoms with Gasteiger partial charge in [-0.05, 0) is 25.7 Å². The molecule has 5 atom stereocenters. The Kier molecular flexibility index (Phi) is 69.1. The maximum absolute atomic E-state index is 13.1. The van der Waals surface area contributed by atoms with Crippen LogP contribution in [0.5, 0.6) is 0 Å². The zero-order valence-electron chi connectivity index (χ0n) is 61.6. The molecule has 17 nitrogen and oxygen atoms in total. The first kappa shape index (κ1) is 93.1. The number of hydrogen-bond donors (Lipinski definition) is 3. The van der Waals surface area contributed by atoms with Gasteiger partial charge in [-0.3, -0.25) is 37.3 Å². The summed E-state index contributed by atoms with van der Waals surface area (Å²) in [6, 6.07) is 0. The molecule has 0 saturated heterocycles. The first-order valence-corrected chi connectivity index (χ1v) is 42.8. The van der Waals surface area contributed by atoms with Crippen LogP contribution in [0, 0.1) is 0 Å². The molecule has 0 rings (SSSR count). The molecule has 0 heterocycles. The molecule has 0 aliphatic carbocycles. The van der Waals surface area contributed by atoms with E-state index in [4.69, 9.17) is 37.0 Å². The zero-order valence-corrected chi connectivity index (χ0v) is 63.4. The van der Waals surface area contributed by atoms with E-state index in [-0.39, 0.29) is 25.7 Å². The molecule has 0 aromatic heterocycles. The summed E-state index contributed by atoms with van der Waals surface area (Å²) < 4.78 is 68.4. The van der Waals surface area contributed by atoms with Crippen molar-refractivity contribution in [1.29, 1.82) is 0 Å². The van der Waals surface area contributed by atoms with E-state index >= 15 is 0 Å². The third-order valence-corrected chi connectivity index (χ3v) is 19.8. The number of unbranched alkanes of at least 4 members (excludes halogenated alkanes) is 51. The van der Waals surface area contributed by atoms with E-state index < -0.39 is 97.5 Å². The summed E-state index contributed by atoms with van der Waals surface area (Å²) in [7, 11) is -9.90. The summed E-state index contributed by atoms with van der Waals surface area (Å²) in [5.74, 6) is -2.12. The summed E-state index contributed by atoms with van der Waals surface area (Å²) in [6.07, 6.45) is 61.3. The molecule has 0 aromatic rings. The monoisotopic (exact) mass is 1400 g/mol. The molecule has 0 saturated carbocycles. The quantitative estimate of drug-likeness (QED) is 0.0222. The highest BCUT2D eigenvalue weighted by Crippen LogP contribution is 2.45. The molecule has 0 aliphatic heterocycles. The van der Waals surface area contributed by atoms with Crippen molar-refractivity contribution in [2.24, 2.45) is 0 Å². The van der Waals surface area contributed by atoms with Crippen molar-refractivity contribution in [2.45, 2.75) is 425 Å². The lowest BCUT2D eigenvalue weighted by molar-refractivity contribution is -0.161. The van der Waals surface area contributed by atoms with Gasteiger partial charge in [0, 0.05) is 25.7 Å². The standard InChI is InChI=1S/C76H148O17P2/c1-5-9-13-17-21-24-27-29-31-33-34-35-36-37-39-41-44-47-51-55-59-63-76(81)93-72(67-87-74(79)61-57-53-49-45-43-40-38-32-30-28-25-22-18-14-10-6-2)69-91-95(84,85)89-65-70(77)64-88-94(82,83)90-68-71(66-86-73(78)60-56-52-48-20-16-12-8-4)92-75(80)62-58-54-50-46-42-26-23-19-15-11-7-3/h70-72,77H,5-69H2,1-4H3,(H,82,83)(H,84,85)/t70-,71+,72+/m0/s1. The summed E-state index contributed by atoms with van der Waals surface area (Å²) in [6.45, 7) is 4.94. The minimum Gasteiger partial charge on any atom is -0.462 e. The van der Waals surface area contributed by atoms with Gasteiger partial charge in [0.15, 0.2) is 12.2 Å². The number of carbonyl (C=O) groups is 4. The van der Waals surface area contributed by atoms with Gasteiger partial charge >= 0.3 is 39.5 Å². The molecule has 19 heteroatoms. The summed E-state index contributed by atoms with van der Waals surface area (Å²) in [4.78, 5) is 72.6. The fourth-order valence-electron chi connectivity index (χ4n) is 11.8. The van der Waals surface area contributed by atoms with E-state index in [0.717, 1.165) is 103 Å². The molecule has 0 amide bonds. The van der Waals surface area contributed by atoms with Gasteiger partial charge in [0.1, 0.15) is 19.3 Å². The van der Waals surface area contributed by atoms with Crippen molar-refractivity contribution in [1.82, 2.24) is 0 Å². The van der Waals surface area contributed by atoms with E-state index in [2.05, 4.69) is 27.7 Å². The van der Waals surface area contributed by atoms with Crippen LogP contribution >= 0.6 is 15.6 Å².